The van der Waals surface area contributed by atoms with Crippen LogP contribution in [0.25, 0.3) is 0 Å². The molecule has 1 aromatic rings. The predicted molar refractivity (Wildman–Crippen MR) is 72.1 cm³/mol. The van der Waals surface area contributed by atoms with E-state index >= 15 is 0 Å². The van der Waals surface area contributed by atoms with E-state index in [4.69, 9.17) is 14.6 Å². The quantitative estimate of drug-likeness (QED) is 0.826. The van der Waals surface area contributed by atoms with Crippen molar-refractivity contribution in [2.24, 2.45) is 5.41 Å². The zero-order valence-corrected chi connectivity index (χ0v) is 11.4. The number of hydrogen-bond acceptors (Lipinski definition) is 4. The molecule has 19 heavy (non-hydrogen) atoms. The molecule has 1 aliphatic rings. The van der Waals surface area contributed by atoms with Crippen LogP contribution in [0, 0.1) is 12.3 Å². The lowest BCUT2D eigenvalue weighted by Crippen LogP contribution is -2.24. The molecule has 104 valence electrons. The molecule has 0 heterocycles. The van der Waals surface area contributed by atoms with Crippen LogP contribution in [0.2, 0.25) is 0 Å². The molecular weight excluding hydrogens is 246 g/mol. The van der Waals surface area contributed by atoms with Crippen LogP contribution in [0.4, 0.5) is 5.69 Å². The number of nitrogens with one attached hydrogen (secondary N) is 1. The Bertz CT molecular complexity index is 494. The van der Waals surface area contributed by atoms with Crippen molar-refractivity contribution in [3.05, 3.63) is 17.7 Å². The van der Waals surface area contributed by atoms with Gasteiger partial charge in [-0.25, -0.2) is 0 Å². The first-order valence-corrected chi connectivity index (χ1v) is 6.23. The summed E-state index contributed by atoms with van der Waals surface area (Å²) in [5.41, 5.74) is 1.10. The van der Waals surface area contributed by atoms with Crippen LogP contribution in [0.5, 0.6) is 11.5 Å². The van der Waals surface area contributed by atoms with Gasteiger partial charge in [-0.15, -0.1) is 0 Å². The van der Waals surface area contributed by atoms with Crippen LogP contribution < -0.4 is 14.8 Å². The first kappa shape index (κ1) is 13.5. The van der Waals surface area contributed by atoms with Crippen LogP contribution >= 0.6 is 0 Å². The number of anilines is 1. The minimum Gasteiger partial charge on any atom is -0.496 e. The van der Waals surface area contributed by atoms with E-state index in [0.717, 1.165) is 29.8 Å². The fourth-order valence-corrected chi connectivity index (χ4v) is 2.18. The highest BCUT2D eigenvalue weighted by Gasteiger charge is 2.50. The summed E-state index contributed by atoms with van der Waals surface area (Å²) in [5, 5.41) is 12.3. The molecular formula is C14H19NO4. The molecule has 5 heteroatoms. The van der Waals surface area contributed by atoms with E-state index in [1.807, 2.05) is 19.1 Å². The van der Waals surface area contributed by atoms with Crippen molar-refractivity contribution in [1.29, 1.82) is 0 Å². The summed E-state index contributed by atoms with van der Waals surface area (Å²) >= 11 is 0. The smallest absolute Gasteiger partial charge is 0.311 e. The minimum absolute atomic E-state index is 0.421. The van der Waals surface area contributed by atoms with Crippen molar-refractivity contribution in [2.45, 2.75) is 19.8 Å². The summed E-state index contributed by atoms with van der Waals surface area (Å²) in [6, 6.07) is 3.70. The number of hydrogen-bond donors (Lipinski definition) is 2. The molecule has 1 saturated carbocycles. The Morgan fingerprint density at radius 1 is 1.37 bits per heavy atom. The van der Waals surface area contributed by atoms with Gasteiger partial charge in [-0.3, -0.25) is 4.79 Å². The van der Waals surface area contributed by atoms with E-state index in [2.05, 4.69) is 5.32 Å². The van der Waals surface area contributed by atoms with E-state index in [-0.39, 0.29) is 0 Å². The van der Waals surface area contributed by atoms with E-state index in [9.17, 15) is 4.79 Å². The lowest BCUT2D eigenvalue weighted by atomic mass is 10.1. The number of aliphatic carboxylic acids is 1. The molecule has 1 fully saturated rings. The summed E-state index contributed by atoms with van der Waals surface area (Å²) < 4.78 is 10.6. The van der Waals surface area contributed by atoms with Crippen LogP contribution in [0.3, 0.4) is 0 Å². The highest BCUT2D eigenvalue weighted by atomic mass is 16.5. The maximum absolute atomic E-state index is 11.1. The Kier molecular flexibility index (Phi) is 3.55. The zero-order valence-electron chi connectivity index (χ0n) is 11.4. The average molecular weight is 265 g/mol. The third-order valence-corrected chi connectivity index (χ3v) is 3.70. The highest BCUT2D eigenvalue weighted by Crippen LogP contribution is 2.46. The Morgan fingerprint density at radius 3 is 2.53 bits per heavy atom. The largest absolute Gasteiger partial charge is 0.496 e. The van der Waals surface area contributed by atoms with Crippen molar-refractivity contribution in [3.63, 3.8) is 0 Å². The van der Waals surface area contributed by atoms with Crippen LogP contribution in [-0.2, 0) is 4.79 Å². The van der Waals surface area contributed by atoms with Crippen molar-refractivity contribution in [1.82, 2.24) is 0 Å². The van der Waals surface area contributed by atoms with Gasteiger partial charge < -0.3 is 19.9 Å². The lowest BCUT2D eigenvalue weighted by Gasteiger charge is -2.17. The Labute approximate surface area is 112 Å². The van der Waals surface area contributed by atoms with Crippen molar-refractivity contribution < 1.29 is 19.4 Å². The van der Waals surface area contributed by atoms with Gasteiger partial charge in [-0.1, -0.05) is 0 Å². The summed E-state index contributed by atoms with van der Waals surface area (Å²) in [4.78, 5) is 11.1. The van der Waals surface area contributed by atoms with E-state index in [1.54, 1.807) is 14.2 Å². The molecule has 1 aliphatic carbocycles. The Hall–Kier alpha value is -1.91. The molecule has 0 aliphatic heterocycles. The lowest BCUT2D eigenvalue weighted by molar-refractivity contribution is -0.142. The first-order chi connectivity index (χ1) is 9.04. The molecule has 0 aromatic heterocycles. The van der Waals surface area contributed by atoms with Crippen molar-refractivity contribution >= 4 is 11.7 Å². The van der Waals surface area contributed by atoms with Gasteiger partial charge in [0, 0.05) is 12.1 Å². The van der Waals surface area contributed by atoms with E-state index < -0.39 is 11.4 Å². The van der Waals surface area contributed by atoms with Crippen molar-refractivity contribution in [2.75, 3.05) is 26.1 Å². The molecule has 0 radical (unpaired) electrons. The highest BCUT2D eigenvalue weighted by molar-refractivity contribution is 5.79. The Morgan fingerprint density at radius 2 is 2.05 bits per heavy atom. The summed E-state index contributed by atoms with van der Waals surface area (Å²) in [7, 11) is 3.20. The van der Waals surface area contributed by atoms with Gasteiger partial charge >= 0.3 is 5.97 Å². The maximum atomic E-state index is 11.1. The maximum Gasteiger partial charge on any atom is 0.311 e. The number of benzene rings is 1. The molecule has 0 saturated heterocycles. The minimum atomic E-state index is -0.732. The SMILES string of the molecule is COc1ccc(NCC2(C(=O)O)CC2)c(OC)c1C. The molecule has 0 amide bonds. The molecule has 2 N–H and O–H groups in total. The topological polar surface area (TPSA) is 67.8 Å². The third-order valence-electron chi connectivity index (χ3n) is 3.70. The second-order valence-electron chi connectivity index (χ2n) is 4.91. The number of carboxylic acids is 1. The fraction of sp³-hybridized carbons (Fsp3) is 0.500. The summed E-state index contributed by atoms with van der Waals surface area (Å²) in [5.74, 6) is 0.714. The van der Waals surface area contributed by atoms with Crippen molar-refractivity contribution in [3.8, 4) is 11.5 Å². The van der Waals surface area contributed by atoms with Gasteiger partial charge in [0.05, 0.1) is 25.3 Å². The second kappa shape index (κ2) is 4.99. The molecule has 5 nitrogen and oxygen atoms in total. The first-order valence-electron chi connectivity index (χ1n) is 6.23. The number of rotatable bonds is 6. The number of methoxy groups -OCH3 is 2. The van der Waals surface area contributed by atoms with Gasteiger partial charge in [-0.05, 0) is 31.9 Å². The molecule has 2 rings (SSSR count). The Balaban J connectivity index is 2.17. The molecule has 0 bridgehead atoms. The molecule has 0 unspecified atom stereocenters. The van der Waals surface area contributed by atoms with Crippen LogP contribution in [0.1, 0.15) is 18.4 Å². The van der Waals surface area contributed by atoms with Gasteiger partial charge in [0.1, 0.15) is 11.5 Å². The van der Waals surface area contributed by atoms with Crippen LogP contribution in [0.15, 0.2) is 12.1 Å². The third kappa shape index (κ3) is 2.45. The fourth-order valence-electron chi connectivity index (χ4n) is 2.18. The molecule has 1 aromatic carbocycles. The van der Waals surface area contributed by atoms with E-state index in [1.165, 1.54) is 0 Å². The number of carbonyl (C=O) groups is 1. The number of carboxylic acid groups (broad SMARTS) is 1. The van der Waals surface area contributed by atoms with Gasteiger partial charge in [0.25, 0.3) is 0 Å². The van der Waals surface area contributed by atoms with Gasteiger partial charge in [-0.2, -0.15) is 0 Å². The normalized spacial score (nSPS) is 15.7. The van der Waals surface area contributed by atoms with Gasteiger partial charge in [0.15, 0.2) is 0 Å². The number of ether oxygens (including phenoxy) is 2. The zero-order chi connectivity index (χ0) is 14.0. The predicted octanol–water partition coefficient (Wildman–Crippen LogP) is 2.29. The molecule has 0 atom stereocenters. The van der Waals surface area contributed by atoms with Crippen LogP contribution in [-0.4, -0.2) is 31.8 Å². The van der Waals surface area contributed by atoms with E-state index in [0.29, 0.717) is 12.3 Å². The standard InChI is InChI=1S/C14H19NO4/c1-9-11(18-2)5-4-10(12(9)19-3)15-8-14(6-7-14)13(16)17/h4-5,15H,6-8H2,1-3H3,(H,16,17). The summed E-state index contributed by atoms with van der Waals surface area (Å²) in [6.07, 6.45) is 1.46. The monoisotopic (exact) mass is 265 g/mol. The molecule has 0 spiro atoms. The summed E-state index contributed by atoms with van der Waals surface area (Å²) in [6.45, 7) is 2.33. The second-order valence-corrected chi connectivity index (χ2v) is 4.91. The van der Waals surface area contributed by atoms with Gasteiger partial charge in [0.2, 0.25) is 0 Å². The average Bonchev–Trinajstić information content (AvgIpc) is 3.17.